The fourth-order valence-electron chi connectivity index (χ4n) is 5.06. The van der Waals surface area contributed by atoms with Gasteiger partial charge in [0.25, 0.3) is 0 Å². The van der Waals surface area contributed by atoms with E-state index in [-0.39, 0.29) is 25.0 Å². The van der Waals surface area contributed by atoms with Crippen LogP contribution in [0.25, 0.3) is 10.9 Å². The van der Waals surface area contributed by atoms with Gasteiger partial charge in [0.2, 0.25) is 17.7 Å². The molecule has 228 valence electrons. The summed E-state index contributed by atoms with van der Waals surface area (Å²) < 4.78 is 0. The molecule has 0 aliphatic carbocycles. The second kappa shape index (κ2) is 14.3. The minimum absolute atomic E-state index is 0.00872. The summed E-state index contributed by atoms with van der Waals surface area (Å²) in [6.45, 7) is 0.645. The summed E-state index contributed by atoms with van der Waals surface area (Å²) >= 11 is 0. The minimum atomic E-state index is -1.35. The van der Waals surface area contributed by atoms with Gasteiger partial charge in [0, 0.05) is 36.4 Å². The molecule has 3 aromatic rings. The van der Waals surface area contributed by atoms with E-state index in [4.69, 9.17) is 0 Å². The number of aromatic hydroxyl groups is 1. The number of aliphatic carboxylic acids is 2. The molecule has 2 aromatic carbocycles. The lowest BCUT2D eigenvalue weighted by atomic mass is 10.0. The Bertz CT molecular complexity index is 1460. The van der Waals surface area contributed by atoms with Crippen LogP contribution in [0.15, 0.2) is 54.7 Å². The van der Waals surface area contributed by atoms with E-state index in [1.165, 1.54) is 24.3 Å². The lowest BCUT2D eigenvalue weighted by molar-refractivity contribution is -0.142. The van der Waals surface area contributed by atoms with Crippen molar-refractivity contribution in [2.45, 2.75) is 62.7 Å². The van der Waals surface area contributed by atoms with Crippen LogP contribution in [0.5, 0.6) is 5.75 Å². The average Bonchev–Trinajstić information content (AvgIpc) is 3.66. The van der Waals surface area contributed by atoms with Gasteiger partial charge in [-0.2, -0.15) is 0 Å². The highest BCUT2D eigenvalue weighted by atomic mass is 16.4. The molecule has 2 heterocycles. The van der Waals surface area contributed by atoms with Crippen molar-refractivity contribution < 1.29 is 39.3 Å². The van der Waals surface area contributed by atoms with E-state index in [0.717, 1.165) is 17.3 Å². The zero-order valence-electron chi connectivity index (χ0n) is 23.3. The molecule has 1 aromatic heterocycles. The van der Waals surface area contributed by atoms with Crippen LogP contribution in [0.4, 0.5) is 0 Å². The van der Waals surface area contributed by atoms with E-state index in [9.17, 15) is 39.3 Å². The quantitative estimate of drug-likeness (QED) is 0.133. The monoisotopic (exact) mass is 593 g/mol. The molecule has 0 radical (unpaired) electrons. The van der Waals surface area contributed by atoms with Crippen LogP contribution in [0, 0.1) is 0 Å². The number of nitrogens with one attached hydrogen (secondary N) is 5. The number of hydrogen-bond donors (Lipinski definition) is 8. The first kappa shape index (κ1) is 31.0. The Morgan fingerprint density at radius 1 is 0.860 bits per heavy atom. The molecule has 4 atom stereocenters. The number of phenols is 1. The van der Waals surface area contributed by atoms with Crippen molar-refractivity contribution in [3.8, 4) is 5.75 Å². The third-order valence-corrected chi connectivity index (χ3v) is 7.38. The lowest BCUT2D eigenvalue weighted by Gasteiger charge is -2.25. The standard InChI is InChI=1S/C30H35N5O8/c36-19-9-7-17(8-10-19)14-25(30(42)43)35-29(41)24(15-18-16-32-21-5-2-1-4-20(18)21)34-28(40)23(11-12-26(37)38)33-27(39)22-6-3-13-31-22/h1-2,4-5,7-10,16,22-25,31-32,36H,3,6,11-15H2,(H,33,39)(H,34,40)(H,35,41)(H,37,38)(H,42,43). The number of rotatable bonds is 14. The normalized spacial score (nSPS) is 16.6. The Hall–Kier alpha value is -4.91. The summed E-state index contributed by atoms with van der Waals surface area (Å²) in [5.74, 6) is -4.43. The first-order valence-corrected chi connectivity index (χ1v) is 14.0. The molecule has 3 amide bonds. The summed E-state index contributed by atoms with van der Waals surface area (Å²) in [5.41, 5.74) is 2.04. The van der Waals surface area contributed by atoms with Crippen molar-refractivity contribution in [1.29, 1.82) is 0 Å². The number of H-pyrrole nitrogens is 1. The maximum atomic E-state index is 13.6. The Kier molecular flexibility index (Phi) is 10.3. The smallest absolute Gasteiger partial charge is 0.326 e. The van der Waals surface area contributed by atoms with Gasteiger partial charge in [-0.05, 0) is 55.1 Å². The number of carboxylic acid groups (broad SMARTS) is 2. The molecular formula is C30H35N5O8. The van der Waals surface area contributed by atoms with E-state index < -0.39 is 60.2 Å². The minimum Gasteiger partial charge on any atom is -0.508 e. The molecule has 4 rings (SSSR count). The Morgan fingerprint density at radius 2 is 1.56 bits per heavy atom. The van der Waals surface area contributed by atoms with Crippen LogP contribution in [-0.4, -0.2) is 80.7 Å². The molecule has 13 nitrogen and oxygen atoms in total. The van der Waals surface area contributed by atoms with E-state index in [1.54, 1.807) is 6.20 Å². The lowest BCUT2D eigenvalue weighted by Crippen LogP contribution is -2.57. The first-order valence-electron chi connectivity index (χ1n) is 14.0. The van der Waals surface area contributed by atoms with Crippen molar-refractivity contribution >= 4 is 40.6 Å². The van der Waals surface area contributed by atoms with Gasteiger partial charge in [0.15, 0.2) is 0 Å². The van der Waals surface area contributed by atoms with Crippen molar-refractivity contribution in [2.75, 3.05) is 6.54 Å². The Labute approximate surface area is 247 Å². The van der Waals surface area contributed by atoms with Gasteiger partial charge in [0.05, 0.1) is 6.04 Å². The van der Waals surface area contributed by atoms with Crippen molar-refractivity contribution in [2.24, 2.45) is 0 Å². The molecule has 0 bridgehead atoms. The number of phenolic OH excluding ortho intramolecular Hbond substituents is 1. The van der Waals surface area contributed by atoms with Gasteiger partial charge >= 0.3 is 11.9 Å². The van der Waals surface area contributed by atoms with E-state index in [2.05, 4.69) is 26.3 Å². The topological polar surface area (TPSA) is 210 Å². The van der Waals surface area contributed by atoms with Gasteiger partial charge in [-0.15, -0.1) is 0 Å². The third kappa shape index (κ3) is 8.55. The predicted molar refractivity (Wildman–Crippen MR) is 155 cm³/mol. The number of aromatic amines is 1. The molecule has 1 saturated heterocycles. The summed E-state index contributed by atoms with van der Waals surface area (Å²) in [7, 11) is 0. The average molecular weight is 594 g/mol. The fourth-order valence-corrected chi connectivity index (χ4v) is 5.06. The second-order valence-corrected chi connectivity index (χ2v) is 10.5. The van der Waals surface area contributed by atoms with Crippen LogP contribution >= 0.6 is 0 Å². The molecule has 0 saturated carbocycles. The van der Waals surface area contributed by atoms with Crippen LogP contribution in [-0.2, 0) is 36.8 Å². The highest BCUT2D eigenvalue weighted by Crippen LogP contribution is 2.20. The van der Waals surface area contributed by atoms with Crippen molar-refractivity contribution in [3.05, 3.63) is 65.9 Å². The number of amides is 3. The van der Waals surface area contributed by atoms with Crippen molar-refractivity contribution in [3.63, 3.8) is 0 Å². The van der Waals surface area contributed by atoms with Crippen LogP contribution < -0.4 is 21.3 Å². The van der Waals surface area contributed by atoms with Crippen molar-refractivity contribution in [1.82, 2.24) is 26.3 Å². The second-order valence-electron chi connectivity index (χ2n) is 10.5. The fraction of sp³-hybridized carbons (Fsp3) is 0.367. The van der Waals surface area contributed by atoms with Gasteiger partial charge in [-0.1, -0.05) is 30.3 Å². The summed E-state index contributed by atoms with van der Waals surface area (Å²) in [6, 6.07) is 8.87. The number of benzene rings is 2. The zero-order chi connectivity index (χ0) is 30.9. The van der Waals surface area contributed by atoms with E-state index in [1.807, 2.05) is 24.3 Å². The number of carbonyl (C=O) groups excluding carboxylic acids is 3. The number of carboxylic acids is 2. The molecule has 43 heavy (non-hydrogen) atoms. The summed E-state index contributed by atoms with van der Waals surface area (Å²) in [4.78, 5) is 66.3. The number of hydrogen-bond acceptors (Lipinski definition) is 7. The summed E-state index contributed by atoms with van der Waals surface area (Å²) in [5, 5.41) is 40.2. The van der Waals surface area contributed by atoms with Crippen LogP contribution in [0.3, 0.4) is 0 Å². The number of para-hydroxylation sites is 1. The van der Waals surface area contributed by atoms with Gasteiger partial charge in [-0.3, -0.25) is 19.2 Å². The SMILES string of the molecule is O=C(O)CCC(NC(=O)C1CCCN1)C(=O)NC(Cc1c[nH]c2ccccc12)C(=O)NC(Cc1ccc(O)cc1)C(=O)O. The first-order chi connectivity index (χ1) is 20.6. The molecule has 1 aliphatic rings. The maximum Gasteiger partial charge on any atom is 0.326 e. The predicted octanol–water partition coefficient (Wildman–Crippen LogP) is 0.815. The number of carbonyl (C=O) groups is 5. The largest absolute Gasteiger partial charge is 0.508 e. The zero-order valence-corrected chi connectivity index (χ0v) is 23.3. The van der Waals surface area contributed by atoms with Crippen LogP contribution in [0.1, 0.15) is 36.8 Å². The van der Waals surface area contributed by atoms with E-state index in [0.29, 0.717) is 24.1 Å². The molecule has 8 N–H and O–H groups in total. The number of aromatic nitrogens is 1. The highest BCUT2D eigenvalue weighted by molar-refractivity contribution is 5.95. The highest BCUT2D eigenvalue weighted by Gasteiger charge is 2.32. The van der Waals surface area contributed by atoms with E-state index >= 15 is 0 Å². The maximum absolute atomic E-state index is 13.6. The summed E-state index contributed by atoms with van der Waals surface area (Å²) in [6.07, 6.45) is 2.34. The Balaban J connectivity index is 1.56. The van der Waals surface area contributed by atoms with Gasteiger partial charge < -0.3 is 41.6 Å². The molecular weight excluding hydrogens is 558 g/mol. The molecule has 4 unspecified atom stereocenters. The molecule has 1 aliphatic heterocycles. The molecule has 0 spiro atoms. The van der Waals surface area contributed by atoms with Gasteiger partial charge in [-0.25, -0.2) is 4.79 Å². The Morgan fingerprint density at radius 3 is 2.23 bits per heavy atom. The molecule has 13 heteroatoms. The van der Waals surface area contributed by atoms with Gasteiger partial charge in [0.1, 0.15) is 23.9 Å². The molecule has 1 fully saturated rings. The number of fused-ring (bicyclic) bond motifs is 1. The van der Waals surface area contributed by atoms with Crippen LogP contribution in [0.2, 0.25) is 0 Å². The third-order valence-electron chi connectivity index (χ3n) is 7.38.